The maximum atomic E-state index is 12.9. The predicted molar refractivity (Wildman–Crippen MR) is 94.3 cm³/mol. The number of aliphatic carboxylic acids is 1. The van der Waals surface area contributed by atoms with E-state index >= 15 is 0 Å². The molecule has 128 valence electrons. The van der Waals surface area contributed by atoms with Crippen LogP contribution in [0.2, 0.25) is 0 Å². The van der Waals surface area contributed by atoms with Crippen LogP contribution in [0, 0.1) is 0 Å². The molecule has 0 saturated carbocycles. The molecule has 0 radical (unpaired) electrons. The Morgan fingerprint density at radius 1 is 1.42 bits per heavy atom. The topological polar surface area (TPSA) is 78.9 Å². The quantitative estimate of drug-likeness (QED) is 0.656. The fraction of sp³-hybridized carbons (Fsp3) is 0.294. The van der Waals surface area contributed by atoms with Gasteiger partial charge in [-0.25, -0.2) is 4.79 Å². The number of allylic oxidation sites excluding steroid dienone is 2. The number of hydrogen-bond donors (Lipinski definition) is 3. The largest absolute Gasteiger partial charge is 0.496 e. The highest BCUT2D eigenvalue weighted by Crippen LogP contribution is 2.22. The summed E-state index contributed by atoms with van der Waals surface area (Å²) < 4.78 is 5.24. The SMILES string of the molecule is COc1ccccc1C(=O)N1CC=CC=C1N[C@@H](CCS)C(=O)O. The number of carboxylic acids is 1. The van der Waals surface area contributed by atoms with Gasteiger partial charge in [0.1, 0.15) is 17.6 Å². The van der Waals surface area contributed by atoms with E-state index in [4.69, 9.17) is 4.74 Å². The lowest BCUT2D eigenvalue weighted by Gasteiger charge is -2.29. The normalized spacial score (nSPS) is 14.8. The number of methoxy groups -OCH3 is 1. The summed E-state index contributed by atoms with van der Waals surface area (Å²) in [5, 5.41) is 12.2. The van der Waals surface area contributed by atoms with Crippen molar-refractivity contribution >= 4 is 24.5 Å². The van der Waals surface area contributed by atoms with Gasteiger partial charge in [0, 0.05) is 6.54 Å². The van der Waals surface area contributed by atoms with Gasteiger partial charge in [0.25, 0.3) is 5.91 Å². The fourth-order valence-electron chi connectivity index (χ4n) is 2.36. The summed E-state index contributed by atoms with van der Waals surface area (Å²) in [5.74, 6) is 0.104. The van der Waals surface area contributed by atoms with E-state index < -0.39 is 12.0 Å². The highest BCUT2D eigenvalue weighted by molar-refractivity contribution is 7.80. The van der Waals surface area contributed by atoms with Crippen LogP contribution in [0.1, 0.15) is 16.8 Å². The molecule has 2 rings (SSSR count). The molecule has 7 heteroatoms. The molecule has 0 spiro atoms. The van der Waals surface area contributed by atoms with Crippen molar-refractivity contribution < 1.29 is 19.4 Å². The molecule has 0 saturated heterocycles. The van der Waals surface area contributed by atoms with Crippen molar-refractivity contribution in [2.24, 2.45) is 0 Å². The molecule has 2 N–H and O–H groups in total. The van der Waals surface area contributed by atoms with Crippen molar-refractivity contribution in [2.45, 2.75) is 12.5 Å². The Balaban J connectivity index is 2.25. The number of nitrogens with one attached hydrogen (secondary N) is 1. The van der Waals surface area contributed by atoms with Gasteiger partial charge in [0.15, 0.2) is 0 Å². The first kappa shape index (κ1) is 17.9. The number of carboxylic acid groups (broad SMARTS) is 1. The Morgan fingerprint density at radius 2 is 2.17 bits per heavy atom. The molecule has 1 atom stereocenters. The van der Waals surface area contributed by atoms with Crippen LogP contribution in [0.4, 0.5) is 0 Å². The fourth-order valence-corrected chi connectivity index (χ4v) is 2.62. The number of carbonyl (C=O) groups is 2. The Morgan fingerprint density at radius 3 is 2.83 bits per heavy atom. The third-order valence-corrected chi connectivity index (χ3v) is 3.85. The van der Waals surface area contributed by atoms with Crippen LogP contribution in [-0.2, 0) is 4.79 Å². The second-order valence-electron chi connectivity index (χ2n) is 5.14. The van der Waals surface area contributed by atoms with Gasteiger partial charge in [-0.3, -0.25) is 9.69 Å². The third kappa shape index (κ3) is 4.11. The van der Waals surface area contributed by atoms with Gasteiger partial charge in [0.05, 0.1) is 12.7 Å². The molecule has 1 heterocycles. The van der Waals surface area contributed by atoms with Crippen molar-refractivity contribution in [1.29, 1.82) is 0 Å². The van der Waals surface area contributed by atoms with Gasteiger partial charge in [-0.15, -0.1) is 0 Å². The van der Waals surface area contributed by atoms with Gasteiger partial charge in [-0.05, 0) is 30.4 Å². The highest BCUT2D eigenvalue weighted by atomic mass is 32.1. The zero-order valence-electron chi connectivity index (χ0n) is 13.3. The minimum Gasteiger partial charge on any atom is -0.496 e. The molecule has 0 unspecified atom stereocenters. The first-order valence-corrected chi connectivity index (χ1v) is 8.13. The monoisotopic (exact) mass is 348 g/mol. The molecular formula is C17H20N2O4S. The molecule has 0 bridgehead atoms. The summed E-state index contributed by atoms with van der Waals surface area (Å²) in [6.07, 6.45) is 5.64. The van der Waals surface area contributed by atoms with E-state index in [2.05, 4.69) is 17.9 Å². The average Bonchev–Trinajstić information content (AvgIpc) is 2.61. The minimum atomic E-state index is -0.982. The van der Waals surface area contributed by atoms with E-state index in [1.165, 1.54) is 12.0 Å². The van der Waals surface area contributed by atoms with E-state index in [0.717, 1.165) is 0 Å². The molecule has 24 heavy (non-hydrogen) atoms. The lowest BCUT2D eigenvalue weighted by Crippen LogP contribution is -2.45. The molecule has 0 fully saturated rings. The maximum Gasteiger partial charge on any atom is 0.326 e. The molecule has 1 amide bonds. The number of nitrogens with zero attached hydrogens (tertiary/aromatic N) is 1. The second-order valence-corrected chi connectivity index (χ2v) is 5.59. The van der Waals surface area contributed by atoms with Crippen LogP contribution in [0.25, 0.3) is 0 Å². The van der Waals surface area contributed by atoms with Gasteiger partial charge >= 0.3 is 5.97 Å². The zero-order chi connectivity index (χ0) is 17.5. The Kier molecular flexibility index (Phi) is 6.31. The smallest absolute Gasteiger partial charge is 0.326 e. The van der Waals surface area contributed by atoms with Crippen molar-refractivity contribution in [3.8, 4) is 5.75 Å². The zero-order valence-corrected chi connectivity index (χ0v) is 14.2. The number of rotatable bonds is 7. The second kappa shape index (κ2) is 8.44. The standard InChI is InChI=1S/C17H20N2O4S/c1-23-14-7-3-2-6-12(14)16(20)19-10-5-4-8-15(19)18-13(9-11-24)17(21)22/h2-8,13,18,24H,9-11H2,1H3,(H,21,22)/t13-/m0/s1. The molecule has 1 aromatic rings. The van der Waals surface area contributed by atoms with Crippen LogP contribution in [0.5, 0.6) is 5.75 Å². The van der Waals surface area contributed by atoms with E-state index in [1.807, 2.05) is 6.08 Å². The van der Waals surface area contributed by atoms with Crippen LogP contribution in [0.15, 0.2) is 48.3 Å². The highest BCUT2D eigenvalue weighted by Gasteiger charge is 2.26. The number of carbonyl (C=O) groups excluding carboxylic acids is 1. The van der Waals surface area contributed by atoms with Crippen LogP contribution < -0.4 is 10.1 Å². The van der Waals surface area contributed by atoms with Crippen molar-refractivity contribution in [2.75, 3.05) is 19.4 Å². The molecule has 6 nitrogen and oxygen atoms in total. The summed E-state index contributed by atoms with van der Waals surface area (Å²) in [4.78, 5) is 25.7. The van der Waals surface area contributed by atoms with Crippen LogP contribution >= 0.6 is 12.6 Å². The summed E-state index contributed by atoms with van der Waals surface area (Å²) in [7, 11) is 1.50. The Hall–Kier alpha value is -2.41. The van der Waals surface area contributed by atoms with Gasteiger partial charge in [0.2, 0.25) is 0 Å². The van der Waals surface area contributed by atoms with Crippen LogP contribution in [0.3, 0.4) is 0 Å². The van der Waals surface area contributed by atoms with E-state index in [0.29, 0.717) is 35.9 Å². The van der Waals surface area contributed by atoms with Crippen molar-refractivity contribution in [3.63, 3.8) is 0 Å². The maximum absolute atomic E-state index is 12.9. The molecule has 0 aromatic heterocycles. The predicted octanol–water partition coefficient (Wildman–Crippen LogP) is 1.91. The summed E-state index contributed by atoms with van der Waals surface area (Å²) >= 11 is 4.08. The van der Waals surface area contributed by atoms with E-state index in [9.17, 15) is 14.7 Å². The Bertz CT molecular complexity index is 672. The van der Waals surface area contributed by atoms with Crippen LogP contribution in [-0.4, -0.2) is 47.3 Å². The summed E-state index contributed by atoms with van der Waals surface area (Å²) in [5.41, 5.74) is 0.420. The Labute approximate surface area is 146 Å². The van der Waals surface area contributed by atoms with Crippen molar-refractivity contribution in [3.05, 3.63) is 53.9 Å². The molecular weight excluding hydrogens is 328 g/mol. The number of ether oxygens (including phenoxy) is 1. The van der Waals surface area contributed by atoms with Gasteiger partial charge in [-0.1, -0.05) is 24.3 Å². The molecule has 0 aliphatic carbocycles. The first-order valence-electron chi connectivity index (χ1n) is 7.50. The van der Waals surface area contributed by atoms with E-state index in [-0.39, 0.29) is 5.91 Å². The lowest BCUT2D eigenvalue weighted by molar-refractivity contribution is -0.139. The van der Waals surface area contributed by atoms with Crippen molar-refractivity contribution in [1.82, 2.24) is 10.2 Å². The third-order valence-electron chi connectivity index (χ3n) is 3.59. The number of benzene rings is 1. The summed E-state index contributed by atoms with van der Waals surface area (Å²) in [6, 6.07) is 6.12. The number of amides is 1. The number of hydrogen-bond acceptors (Lipinski definition) is 5. The van der Waals surface area contributed by atoms with E-state index in [1.54, 1.807) is 36.4 Å². The molecule has 1 aliphatic rings. The molecule has 1 aliphatic heterocycles. The average molecular weight is 348 g/mol. The number of para-hydroxylation sites is 1. The van der Waals surface area contributed by atoms with Gasteiger partial charge < -0.3 is 15.2 Å². The molecule has 1 aromatic carbocycles. The lowest BCUT2D eigenvalue weighted by atomic mass is 10.1. The minimum absolute atomic E-state index is 0.259. The number of thiol groups is 1. The summed E-state index contributed by atoms with van der Waals surface area (Å²) in [6.45, 7) is 0.350. The first-order chi connectivity index (χ1) is 11.6. The van der Waals surface area contributed by atoms with Gasteiger partial charge in [-0.2, -0.15) is 12.6 Å².